The van der Waals surface area contributed by atoms with Gasteiger partial charge in [0.2, 0.25) is 0 Å². The Morgan fingerprint density at radius 3 is 2.45 bits per heavy atom. The molecule has 0 heterocycles. The highest BCUT2D eigenvalue weighted by atomic mass is 35.5. The highest BCUT2D eigenvalue weighted by Crippen LogP contribution is 2.37. The summed E-state index contributed by atoms with van der Waals surface area (Å²) in [6.07, 6.45) is 19.0. The van der Waals surface area contributed by atoms with E-state index in [1.165, 1.54) is 47.9 Å². The Labute approximate surface area is 248 Å². The van der Waals surface area contributed by atoms with E-state index in [0.29, 0.717) is 5.92 Å². The second kappa shape index (κ2) is 16.9. The number of halogens is 1. The molecule has 0 bridgehead atoms. The van der Waals surface area contributed by atoms with E-state index in [2.05, 4.69) is 86.1 Å². The van der Waals surface area contributed by atoms with Gasteiger partial charge in [-0.1, -0.05) is 104 Å². The number of hydrogen-bond donors (Lipinski definition) is 1. The van der Waals surface area contributed by atoms with Gasteiger partial charge in [-0.05, 0) is 105 Å². The third kappa shape index (κ3) is 10.2. The van der Waals surface area contributed by atoms with Crippen LogP contribution in [0.25, 0.3) is 0 Å². The van der Waals surface area contributed by atoms with Crippen molar-refractivity contribution >= 4 is 11.6 Å². The average molecular weight is 555 g/mol. The molecule has 0 aliphatic heterocycles. The average Bonchev–Trinajstić information content (AvgIpc) is 2.96. The third-order valence-corrected chi connectivity index (χ3v) is 8.04. The molecule has 3 rings (SSSR count). The van der Waals surface area contributed by atoms with E-state index >= 15 is 0 Å². The van der Waals surface area contributed by atoms with Gasteiger partial charge < -0.3 is 10.2 Å². The van der Waals surface area contributed by atoms with Gasteiger partial charge in [0.25, 0.3) is 0 Å². The fraction of sp³-hybridized carbons (Fsp3) is 0.351. The maximum atomic E-state index is 6.14. The molecule has 0 aromatic heterocycles. The van der Waals surface area contributed by atoms with Gasteiger partial charge in [-0.25, -0.2) is 0 Å². The Balaban J connectivity index is 1.68. The van der Waals surface area contributed by atoms with Crippen LogP contribution in [-0.4, -0.2) is 24.5 Å². The first-order valence-electron chi connectivity index (χ1n) is 14.7. The summed E-state index contributed by atoms with van der Waals surface area (Å²) in [5.74, 6) is 0.614. The van der Waals surface area contributed by atoms with Gasteiger partial charge >= 0.3 is 0 Å². The molecule has 212 valence electrons. The Morgan fingerprint density at radius 2 is 1.77 bits per heavy atom. The van der Waals surface area contributed by atoms with Crippen molar-refractivity contribution in [1.29, 1.82) is 0 Å². The Morgan fingerprint density at radius 1 is 1.05 bits per heavy atom. The molecule has 1 aliphatic rings. The zero-order valence-corrected chi connectivity index (χ0v) is 25.1. The standard InChI is InChI=1S/C37H47ClN2/c1-6-9-10-13-25-40(5)28-34-15-11-12-16-37(34)33-21-17-30(18-22-33)26-36(27-31-19-23-35(38)24-20-31)39-29(4)32(8-3)14-7-2/h6-8,11-12,14-16,19-20,23-24,26,33,36,39H,1-4,9-10,13,17-18,21-22,25,27-28H2,5H3/b30-26?,32-14+. The predicted octanol–water partition coefficient (Wildman–Crippen LogP) is 9.73. The van der Waals surface area contributed by atoms with Crippen molar-refractivity contribution in [2.75, 3.05) is 13.6 Å². The molecule has 1 aliphatic carbocycles. The van der Waals surface area contributed by atoms with Crippen molar-refractivity contribution in [1.82, 2.24) is 10.2 Å². The number of hydrogen-bond acceptors (Lipinski definition) is 2. The number of allylic oxidation sites excluding steroid dienone is 5. The van der Waals surface area contributed by atoms with Gasteiger partial charge in [0, 0.05) is 23.3 Å². The zero-order chi connectivity index (χ0) is 28.7. The lowest BCUT2D eigenvalue weighted by Crippen LogP contribution is -2.29. The molecule has 40 heavy (non-hydrogen) atoms. The van der Waals surface area contributed by atoms with Crippen molar-refractivity contribution in [3.8, 4) is 0 Å². The van der Waals surface area contributed by atoms with E-state index < -0.39 is 0 Å². The summed E-state index contributed by atoms with van der Waals surface area (Å²) in [4.78, 5) is 2.47. The largest absolute Gasteiger partial charge is 0.378 e. The van der Waals surface area contributed by atoms with Crippen molar-refractivity contribution in [3.63, 3.8) is 0 Å². The van der Waals surface area contributed by atoms with Gasteiger partial charge in [0.15, 0.2) is 0 Å². The lowest BCUT2D eigenvalue weighted by Gasteiger charge is -2.29. The molecule has 2 nitrogen and oxygen atoms in total. The van der Waals surface area contributed by atoms with E-state index in [4.69, 9.17) is 11.6 Å². The van der Waals surface area contributed by atoms with Gasteiger partial charge in [-0.3, -0.25) is 0 Å². The smallest absolute Gasteiger partial charge is 0.0487 e. The molecular weight excluding hydrogens is 508 g/mol. The number of unbranched alkanes of at least 4 members (excludes halogenated alkanes) is 2. The van der Waals surface area contributed by atoms with Crippen LogP contribution in [0.15, 0.2) is 122 Å². The van der Waals surface area contributed by atoms with Gasteiger partial charge in [0.1, 0.15) is 0 Å². The van der Waals surface area contributed by atoms with Crippen LogP contribution in [0.4, 0.5) is 0 Å². The van der Waals surface area contributed by atoms with Crippen molar-refractivity contribution in [2.24, 2.45) is 0 Å². The van der Waals surface area contributed by atoms with Crippen molar-refractivity contribution < 1.29 is 0 Å². The number of rotatable bonds is 16. The molecular formula is C37H47ClN2. The summed E-state index contributed by atoms with van der Waals surface area (Å²) in [5.41, 5.74) is 7.61. The van der Waals surface area contributed by atoms with Crippen LogP contribution in [0.3, 0.4) is 0 Å². The highest BCUT2D eigenvalue weighted by molar-refractivity contribution is 6.30. The first kappa shape index (κ1) is 31.5. The van der Waals surface area contributed by atoms with E-state index in [1.54, 1.807) is 6.08 Å². The van der Waals surface area contributed by atoms with Crippen LogP contribution in [0, 0.1) is 0 Å². The Bertz CT molecular complexity index is 1180. The molecule has 2 aromatic carbocycles. The molecule has 1 unspecified atom stereocenters. The molecule has 2 aromatic rings. The van der Waals surface area contributed by atoms with Gasteiger partial charge in [0.05, 0.1) is 0 Å². The molecule has 0 spiro atoms. The normalized spacial score (nSPS) is 16.3. The molecule has 0 radical (unpaired) electrons. The monoisotopic (exact) mass is 554 g/mol. The summed E-state index contributed by atoms with van der Waals surface area (Å²) in [6, 6.07) is 17.4. The summed E-state index contributed by atoms with van der Waals surface area (Å²) in [5, 5.41) is 4.42. The minimum atomic E-state index is 0.135. The summed E-state index contributed by atoms with van der Waals surface area (Å²) in [7, 11) is 2.25. The SMILES string of the molecule is C=C/C=C(\C=C)C(=C)NC(C=C1CCC(c2ccccc2CN(C)CCCCC=C)CC1)Cc1ccc(Cl)cc1. The zero-order valence-electron chi connectivity index (χ0n) is 24.4. The predicted molar refractivity (Wildman–Crippen MR) is 176 cm³/mol. The van der Waals surface area contributed by atoms with Crippen molar-refractivity contribution in [3.05, 3.63) is 144 Å². The van der Waals surface area contributed by atoms with Crippen LogP contribution >= 0.6 is 11.6 Å². The molecule has 1 atom stereocenters. The van der Waals surface area contributed by atoms with E-state index in [9.17, 15) is 0 Å². The lowest BCUT2D eigenvalue weighted by atomic mass is 9.79. The first-order chi connectivity index (χ1) is 19.4. The van der Waals surface area contributed by atoms with Crippen LogP contribution in [0.5, 0.6) is 0 Å². The Hall–Kier alpha value is -3.07. The molecule has 1 fully saturated rings. The number of nitrogens with one attached hydrogen (secondary N) is 1. The molecule has 3 heteroatoms. The Kier molecular flexibility index (Phi) is 13.3. The fourth-order valence-electron chi connectivity index (χ4n) is 5.62. The second-order valence-electron chi connectivity index (χ2n) is 10.9. The van der Waals surface area contributed by atoms with E-state index in [0.717, 1.165) is 55.1 Å². The number of nitrogens with zero attached hydrogens (tertiary/aromatic N) is 1. The second-order valence-corrected chi connectivity index (χ2v) is 11.4. The fourth-order valence-corrected chi connectivity index (χ4v) is 5.75. The van der Waals surface area contributed by atoms with E-state index in [-0.39, 0.29) is 6.04 Å². The maximum Gasteiger partial charge on any atom is 0.0487 e. The summed E-state index contributed by atoms with van der Waals surface area (Å²) in [6.45, 7) is 18.1. The lowest BCUT2D eigenvalue weighted by molar-refractivity contribution is 0.316. The van der Waals surface area contributed by atoms with Crippen LogP contribution in [0.1, 0.15) is 67.6 Å². The maximum absolute atomic E-state index is 6.14. The van der Waals surface area contributed by atoms with Gasteiger partial charge in [-0.15, -0.1) is 6.58 Å². The first-order valence-corrected chi connectivity index (χ1v) is 15.0. The molecule has 1 N–H and O–H groups in total. The summed E-state index contributed by atoms with van der Waals surface area (Å²) >= 11 is 6.14. The minimum absolute atomic E-state index is 0.135. The summed E-state index contributed by atoms with van der Waals surface area (Å²) < 4.78 is 0. The van der Waals surface area contributed by atoms with Crippen LogP contribution in [-0.2, 0) is 13.0 Å². The molecule has 0 amide bonds. The third-order valence-electron chi connectivity index (χ3n) is 7.79. The van der Waals surface area contributed by atoms with Gasteiger partial charge in [-0.2, -0.15) is 0 Å². The van der Waals surface area contributed by atoms with Crippen molar-refractivity contribution in [2.45, 2.75) is 69.9 Å². The minimum Gasteiger partial charge on any atom is -0.378 e. The molecule has 0 saturated heterocycles. The highest BCUT2D eigenvalue weighted by Gasteiger charge is 2.22. The van der Waals surface area contributed by atoms with E-state index in [1.807, 2.05) is 30.4 Å². The van der Waals surface area contributed by atoms with Crippen LogP contribution in [0.2, 0.25) is 5.02 Å². The topological polar surface area (TPSA) is 15.3 Å². The quantitative estimate of drug-likeness (QED) is 0.126. The number of benzene rings is 2. The molecule has 1 saturated carbocycles. The van der Waals surface area contributed by atoms with Crippen LogP contribution < -0.4 is 5.32 Å².